The van der Waals surface area contributed by atoms with E-state index < -0.39 is 10.0 Å². The van der Waals surface area contributed by atoms with Crippen LogP contribution in [0.15, 0.2) is 48.5 Å². The molecule has 8 heteroatoms. The summed E-state index contributed by atoms with van der Waals surface area (Å²) in [6.45, 7) is 2.55. The summed E-state index contributed by atoms with van der Waals surface area (Å²) in [5.74, 6) is 0.799. The molecule has 1 N–H and O–H groups in total. The van der Waals surface area contributed by atoms with Crippen molar-refractivity contribution in [3.05, 3.63) is 65.4 Å². The monoisotopic (exact) mass is 483 g/mol. The molecule has 0 saturated carbocycles. The normalized spacial score (nSPS) is 21.1. The lowest BCUT2D eigenvalue weighted by Gasteiger charge is -2.50. The molecule has 34 heavy (non-hydrogen) atoms. The lowest BCUT2D eigenvalue weighted by molar-refractivity contribution is 0.0516. The van der Waals surface area contributed by atoms with Gasteiger partial charge in [0, 0.05) is 55.8 Å². The molecule has 3 aromatic rings. The number of sulfonamides is 1. The van der Waals surface area contributed by atoms with Crippen LogP contribution in [0.2, 0.25) is 0 Å². The van der Waals surface area contributed by atoms with Gasteiger partial charge in [0.1, 0.15) is 5.75 Å². The number of aliphatic hydroxyl groups excluding tert-OH is 1. The predicted octanol–water partition coefficient (Wildman–Crippen LogP) is 3.03. The molecule has 0 unspecified atom stereocenters. The molecule has 1 aromatic heterocycles. The van der Waals surface area contributed by atoms with Gasteiger partial charge in [0.25, 0.3) is 0 Å². The number of fused-ring (bicyclic) bond motifs is 4. The Bertz CT molecular complexity index is 1290. The third-order valence-electron chi connectivity index (χ3n) is 7.80. The second-order valence-electron chi connectivity index (χ2n) is 9.73. The summed E-state index contributed by atoms with van der Waals surface area (Å²) in [5, 5.41) is 11.8. The van der Waals surface area contributed by atoms with E-state index in [1.807, 2.05) is 24.3 Å². The van der Waals surface area contributed by atoms with E-state index in [-0.39, 0.29) is 18.1 Å². The molecule has 0 bridgehead atoms. The van der Waals surface area contributed by atoms with Gasteiger partial charge in [-0.2, -0.15) is 0 Å². The fourth-order valence-electron chi connectivity index (χ4n) is 6.10. The molecule has 1 atom stereocenters. The predicted molar refractivity (Wildman–Crippen MR) is 133 cm³/mol. The number of rotatable bonds is 5. The zero-order valence-electron chi connectivity index (χ0n) is 20.1. The average molecular weight is 484 g/mol. The Morgan fingerprint density at radius 3 is 2.44 bits per heavy atom. The molecule has 2 aromatic carbocycles. The number of ether oxygens (including phenoxy) is 1. The van der Waals surface area contributed by atoms with Gasteiger partial charge in [-0.05, 0) is 36.1 Å². The number of piperidine rings is 1. The summed E-state index contributed by atoms with van der Waals surface area (Å²) in [7, 11) is 0.511. The molecule has 3 heterocycles. The second kappa shape index (κ2) is 8.68. The highest BCUT2D eigenvalue weighted by Gasteiger charge is 2.48. The zero-order chi connectivity index (χ0) is 24.1. The van der Waals surface area contributed by atoms with Crippen molar-refractivity contribution in [1.29, 1.82) is 0 Å². The Labute approximate surface area is 201 Å². The summed E-state index contributed by atoms with van der Waals surface area (Å²) < 4.78 is 33.8. The van der Waals surface area contributed by atoms with Gasteiger partial charge in [-0.15, -0.1) is 0 Å². The quantitative estimate of drug-likeness (QED) is 0.604. The van der Waals surface area contributed by atoms with Crippen molar-refractivity contribution in [2.75, 3.05) is 39.6 Å². The first-order valence-corrected chi connectivity index (χ1v) is 13.6. The van der Waals surface area contributed by atoms with Crippen LogP contribution < -0.4 is 4.74 Å². The van der Waals surface area contributed by atoms with Gasteiger partial charge in [0.2, 0.25) is 10.0 Å². The number of benzene rings is 2. The van der Waals surface area contributed by atoms with E-state index in [0.29, 0.717) is 13.1 Å². The first-order chi connectivity index (χ1) is 16.3. The van der Waals surface area contributed by atoms with Crippen LogP contribution in [0.4, 0.5) is 0 Å². The van der Waals surface area contributed by atoms with Crippen molar-refractivity contribution < 1.29 is 18.3 Å². The first kappa shape index (κ1) is 23.4. The maximum absolute atomic E-state index is 12.3. The number of nitrogens with zero attached hydrogens (tertiary/aromatic N) is 3. The first-order valence-electron chi connectivity index (χ1n) is 11.8. The van der Waals surface area contributed by atoms with Crippen molar-refractivity contribution in [3.63, 3.8) is 0 Å². The highest BCUT2D eigenvalue weighted by Crippen LogP contribution is 2.50. The molecule has 0 aliphatic carbocycles. The van der Waals surface area contributed by atoms with Crippen molar-refractivity contribution in [3.8, 4) is 5.75 Å². The SMILES string of the molecule is COc1ccc2c3c(n(C)c2c1)[C@@H](CO)N(Cc1ccccc1)CC31CCN(S(C)(=O)=O)CC1. The van der Waals surface area contributed by atoms with Crippen LogP contribution in [-0.4, -0.2) is 66.9 Å². The highest BCUT2D eigenvalue weighted by atomic mass is 32.2. The molecule has 0 amide bonds. The fourth-order valence-corrected chi connectivity index (χ4v) is 6.95. The van der Waals surface area contributed by atoms with E-state index in [9.17, 15) is 13.5 Å². The van der Waals surface area contributed by atoms with Crippen molar-refractivity contribution in [2.45, 2.75) is 30.8 Å². The Kier molecular flexibility index (Phi) is 5.96. The van der Waals surface area contributed by atoms with Crippen molar-refractivity contribution >= 4 is 20.9 Å². The summed E-state index contributed by atoms with van der Waals surface area (Å²) in [6.07, 6.45) is 2.80. The van der Waals surface area contributed by atoms with Gasteiger partial charge in [-0.25, -0.2) is 12.7 Å². The minimum absolute atomic E-state index is 0.0205. The van der Waals surface area contributed by atoms with E-state index in [1.54, 1.807) is 11.4 Å². The van der Waals surface area contributed by atoms with E-state index >= 15 is 0 Å². The number of aromatic nitrogens is 1. The van der Waals surface area contributed by atoms with Crippen LogP contribution in [0.3, 0.4) is 0 Å². The van der Waals surface area contributed by atoms with E-state index in [2.05, 4.69) is 40.8 Å². The molecule has 2 aliphatic heterocycles. The molecule has 182 valence electrons. The Morgan fingerprint density at radius 2 is 1.82 bits per heavy atom. The minimum Gasteiger partial charge on any atom is -0.497 e. The Hall–Kier alpha value is -2.39. The van der Waals surface area contributed by atoms with Gasteiger partial charge in [-0.3, -0.25) is 4.90 Å². The zero-order valence-corrected chi connectivity index (χ0v) is 20.9. The Morgan fingerprint density at radius 1 is 1.12 bits per heavy atom. The molecule has 7 nitrogen and oxygen atoms in total. The molecule has 1 saturated heterocycles. The number of hydrogen-bond donors (Lipinski definition) is 1. The maximum Gasteiger partial charge on any atom is 0.211 e. The van der Waals surface area contributed by atoms with Crippen LogP contribution in [0, 0.1) is 0 Å². The van der Waals surface area contributed by atoms with Crippen molar-refractivity contribution in [2.24, 2.45) is 7.05 Å². The number of aliphatic hydroxyl groups is 1. The molecule has 1 spiro atoms. The van der Waals surface area contributed by atoms with Crippen LogP contribution in [-0.2, 0) is 29.0 Å². The highest BCUT2D eigenvalue weighted by molar-refractivity contribution is 7.88. The van der Waals surface area contributed by atoms with Crippen LogP contribution in [0.25, 0.3) is 10.9 Å². The number of methoxy groups -OCH3 is 1. The van der Waals surface area contributed by atoms with E-state index in [1.165, 1.54) is 22.8 Å². The lowest BCUT2D eigenvalue weighted by atomic mass is 9.68. The smallest absolute Gasteiger partial charge is 0.211 e. The third kappa shape index (κ3) is 3.82. The van der Waals surface area contributed by atoms with Crippen molar-refractivity contribution in [1.82, 2.24) is 13.8 Å². The largest absolute Gasteiger partial charge is 0.497 e. The van der Waals surface area contributed by atoms with Gasteiger partial charge < -0.3 is 14.4 Å². The van der Waals surface area contributed by atoms with E-state index in [4.69, 9.17) is 4.74 Å². The minimum atomic E-state index is -3.22. The molecule has 2 aliphatic rings. The van der Waals surface area contributed by atoms with Crippen LogP contribution in [0.5, 0.6) is 5.75 Å². The standard InChI is InChI=1S/C26H33N3O4S/c1-27-22-15-20(33-2)9-10-21(22)24-25(27)23(17-30)28(16-19-7-5-4-6-8-19)18-26(24)11-13-29(14-12-26)34(3,31)32/h4-10,15,23,30H,11-14,16-18H2,1-3H3/t23-/m1/s1. The third-order valence-corrected chi connectivity index (χ3v) is 9.10. The van der Waals surface area contributed by atoms with Gasteiger partial charge in [0.15, 0.2) is 0 Å². The Balaban J connectivity index is 1.66. The van der Waals surface area contributed by atoms with Crippen LogP contribution in [0.1, 0.15) is 35.7 Å². The van der Waals surface area contributed by atoms with E-state index in [0.717, 1.165) is 42.9 Å². The summed E-state index contributed by atoms with van der Waals surface area (Å²) >= 11 is 0. The summed E-state index contributed by atoms with van der Waals surface area (Å²) in [5.41, 5.74) is 4.48. The lowest BCUT2D eigenvalue weighted by Crippen LogP contribution is -2.54. The molecule has 5 rings (SSSR count). The van der Waals surface area contributed by atoms with Gasteiger partial charge in [-0.1, -0.05) is 30.3 Å². The van der Waals surface area contributed by atoms with Gasteiger partial charge in [0.05, 0.1) is 31.5 Å². The molecule has 1 fully saturated rings. The molecule has 0 radical (unpaired) electrons. The van der Waals surface area contributed by atoms with Crippen LogP contribution >= 0.6 is 0 Å². The number of hydrogen-bond acceptors (Lipinski definition) is 5. The molecular formula is C26H33N3O4S. The maximum atomic E-state index is 12.3. The average Bonchev–Trinajstić information content (AvgIpc) is 3.12. The topological polar surface area (TPSA) is 75.0 Å². The summed E-state index contributed by atoms with van der Waals surface area (Å²) in [6, 6.07) is 16.4. The molecular weight excluding hydrogens is 450 g/mol. The van der Waals surface area contributed by atoms with Gasteiger partial charge >= 0.3 is 0 Å². The number of aryl methyl sites for hydroxylation is 1. The second-order valence-corrected chi connectivity index (χ2v) is 11.7. The summed E-state index contributed by atoms with van der Waals surface area (Å²) in [4.78, 5) is 2.38. The fraction of sp³-hybridized carbons (Fsp3) is 0.462.